The Morgan fingerprint density at radius 1 is 1.36 bits per heavy atom. The van der Waals surface area contributed by atoms with Crippen molar-refractivity contribution in [2.45, 2.75) is 13.0 Å². The third-order valence-corrected chi connectivity index (χ3v) is 2.81. The lowest BCUT2D eigenvalue weighted by molar-refractivity contribution is 0.309. The molecule has 2 nitrogen and oxygen atoms in total. The summed E-state index contributed by atoms with van der Waals surface area (Å²) in [7, 11) is 0. The fourth-order valence-electron chi connectivity index (χ4n) is 1.05. The van der Waals surface area contributed by atoms with Crippen LogP contribution >= 0.6 is 15.9 Å². The predicted octanol–water partition coefficient (Wildman–Crippen LogP) is 2.44. The second kappa shape index (κ2) is 6.85. The molecular formula is C11H16BrNO. The third kappa shape index (κ3) is 4.63. The minimum Gasteiger partial charge on any atom is -0.492 e. The molecule has 1 rings (SSSR count). The van der Waals surface area contributed by atoms with E-state index in [2.05, 4.69) is 28.2 Å². The molecule has 0 aromatic heterocycles. The van der Waals surface area contributed by atoms with Crippen LogP contribution < -0.4 is 10.1 Å². The molecule has 1 aromatic carbocycles. The standard InChI is InChI=1S/C11H16BrNO/c1-10(9-12)13-7-8-14-11-5-3-2-4-6-11/h2-6,10,13H,7-9H2,1H3. The molecule has 0 spiro atoms. The Bertz CT molecular complexity index is 240. The highest BCUT2D eigenvalue weighted by Gasteiger charge is 1.97. The molecule has 14 heavy (non-hydrogen) atoms. The fourth-order valence-corrected chi connectivity index (χ4v) is 1.27. The van der Waals surface area contributed by atoms with Gasteiger partial charge in [-0.25, -0.2) is 0 Å². The maximum absolute atomic E-state index is 5.52. The largest absolute Gasteiger partial charge is 0.492 e. The Balaban J connectivity index is 2.10. The average molecular weight is 258 g/mol. The Hall–Kier alpha value is -0.540. The van der Waals surface area contributed by atoms with Crippen molar-refractivity contribution in [2.75, 3.05) is 18.5 Å². The van der Waals surface area contributed by atoms with Crippen molar-refractivity contribution in [3.8, 4) is 5.75 Å². The number of para-hydroxylation sites is 1. The molecule has 0 amide bonds. The van der Waals surface area contributed by atoms with E-state index < -0.39 is 0 Å². The lowest BCUT2D eigenvalue weighted by Gasteiger charge is -2.11. The summed E-state index contributed by atoms with van der Waals surface area (Å²) in [6, 6.07) is 10.4. The number of alkyl halides is 1. The highest BCUT2D eigenvalue weighted by molar-refractivity contribution is 9.09. The quantitative estimate of drug-likeness (QED) is 0.625. The van der Waals surface area contributed by atoms with Crippen molar-refractivity contribution in [3.63, 3.8) is 0 Å². The first kappa shape index (κ1) is 11.5. The van der Waals surface area contributed by atoms with Crippen LogP contribution in [0.4, 0.5) is 0 Å². The number of benzene rings is 1. The number of halogens is 1. The maximum atomic E-state index is 5.52. The van der Waals surface area contributed by atoms with Crippen LogP contribution in [-0.2, 0) is 0 Å². The number of hydrogen-bond donors (Lipinski definition) is 1. The minimum atomic E-state index is 0.495. The van der Waals surface area contributed by atoms with Crippen molar-refractivity contribution in [2.24, 2.45) is 0 Å². The molecule has 0 aliphatic rings. The van der Waals surface area contributed by atoms with Gasteiger partial charge in [0.2, 0.25) is 0 Å². The van der Waals surface area contributed by atoms with E-state index in [-0.39, 0.29) is 0 Å². The van der Waals surface area contributed by atoms with Gasteiger partial charge in [-0.1, -0.05) is 34.1 Å². The molecule has 1 N–H and O–H groups in total. The van der Waals surface area contributed by atoms with Gasteiger partial charge in [-0.15, -0.1) is 0 Å². The van der Waals surface area contributed by atoms with E-state index in [9.17, 15) is 0 Å². The summed E-state index contributed by atoms with van der Waals surface area (Å²) in [6.45, 7) is 3.72. The van der Waals surface area contributed by atoms with Crippen LogP contribution in [0.2, 0.25) is 0 Å². The lowest BCUT2D eigenvalue weighted by Crippen LogP contribution is -2.31. The predicted molar refractivity (Wildman–Crippen MR) is 63.2 cm³/mol. The first-order valence-corrected chi connectivity index (χ1v) is 5.92. The second-order valence-electron chi connectivity index (χ2n) is 3.17. The van der Waals surface area contributed by atoms with E-state index in [1.165, 1.54) is 0 Å². The summed E-state index contributed by atoms with van der Waals surface area (Å²) in [5.41, 5.74) is 0. The van der Waals surface area contributed by atoms with E-state index in [4.69, 9.17) is 4.74 Å². The molecular weight excluding hydrogens is 242 g/mol. The molecule has 0 aliphatic carbocycles. The molecule has 0 aliphatic heterocycles. The maximum Gasteiger partial charge on any atom is 0.119 e. The number of ether oxygens (including phenoxy) is 1. The van der Waals surface area contributed by atoms with Crippen LogP contribution in [0, 0.1) is 0 Å². The SMILES string of the molecule is CC(CBr)NCCOc1ccccc1. The van der Waals surface area contributed by atoms with E-state index >= 15 is 0 Å². The van der Waals surface area contributed by atoms with Gasteiger partial charge in [0.05, 0.1) is 0 Å². The van der Waals surface area contributed by atoms with Gasteiger partial charge in [-0.3, -0.25) is 0 Å². The zero-order valence-corrected chi connectivity index (χ0v) is 9.96. The Kier molecular flexibility index (Phi) is 5.64. The Morgan fingerprint density at radius 2 is 2.07 bits per heavy atom. The van der Waals surface area contributed by atoms with Crippen molar-refractivity contribution in [1.82, 2.24) is 5.32 Å². The van der Waals surface area contributed by atoms with Crippen LogP contribution in [-0.4, -0.2) is 24.5 Å². The van der Waals surface area contributed by atoms with Crippen molar-refractivity contribution in [1.29, 1.82) is 0 Å². The van der Waals surface area contributed by atoms with Crippen LogP contribution in [0.15, 0.2) is 30.3 Å². The molecule has 1 aromatic rings. The molecule has 0 heterocycles. The molecule has 0 bridgehead atoms. The zero-order chi connectivity index (χ0) is 10.2. The number of hydrogen-bond acceptors (Lipinski definition) is 2. The van der Waals surface area contributed by atoms with Gasteiger partial charge in [0.25, 0.3) is 0 Å². The van der Waals surface area contributed by atoms with E-state index in [0.29, 0.717) is 12.6 Å². The van der Waals surface area contributed by atoms with E-state index in [1.807, 2.05) is 30.3 Å². The molecule has 3 heteroatoms. The van der Waals surface area contributed by atoms with Gasteiger partial charge in [0, 0.05) is 17.9 Å². The Labute approximate surface area is 93.8 Å². The molecule has 1 atom stereocenters. The molecule has 0 fully saturated rings. The third-order valence-electron chi connectivity index (χ3n) is 1.84. The monoisotopic (exact) mass is 257 g/mol. The Morgan fingerprint density at radius 3 is 2.71 bits per heavy atom. The molecule has 0 saturated carbocycles. The first-order chi connectivity index (χ1) is 6.83. The van der Waals surface area contributed by atoms with Crippen molar-refractivity contribution < 1.29 is 4.74 Å². The van der Waals surface area contributed by atoms with Gasteiger partial charge in [0.15, 0.2) is 0 Å². The summed E-state index contributed by atoms with van der Waals surface area (Å²) in [4.78, 5) is 0. The van der Waals surface area contributed by atoms with Gasteiger partial charge in [-0.2, -0.15) is 0 Å². The van der Waals surface area contributed by atoms with E-state index in [1.54, 1.807) is 0 Å². The molecule has 0 radical (unpaired) electrons. The fraction of sp³-hybridized carbons (Fsp3) is 0.455. The number of nitrogens with one attached hydrogen (secondary N) is 1. The zero-order valence-electron chi connectivity index (χ0n) is 8.37. The van der Waals surface area contributed by atoms with Gasteiger partial charge in [-0.05, 0) is 19.1 Å². The highest BCUT2D eigenvalue weighted by atomic mass is 79.9. The molecule has 78 valence electrons. The van der Waals surface area contributed by atoms with Crippen LogP contribution in [0.25, 0.3) is 0 Å². The summed E-state index contributed by atoms with van der Waals surface area (Å²) in [5, 5.41) is 4.30. The van der Waals surface area contributed by atoms with Crippen LogP contribution in [0.1, 0.15) is 6.92 Å². The highest BCUT2D eigenvalue weighted by Crippen LogP contribution is 2.07. The van der Waals surface area contributed by atoms with Crippen molar-refractivity contribution >= 4 is 15.9 Å². The van der Waals surface area contributed by atoms with Gasteiger partial charge in [0.1, 0.15) is 12.4 Å². The van der Waals surface area contributed by atoms with E-state index in [0.717, 1.165) is 17.6 Å². The average Bonchev–Trinajstić information content (AvgIpc) is 2.25. The summed E-state index contributed by atoms with van der Waals surface area (Å²) in [5.74, 6) is 0.931. The van der Waals surface area contributed by atoms with Crippen LogP contribution in [0.3, 0.4) is 0 Å². The summed E-state index contributed by atoms with van der Waals surface area (Å²) < 4.78 is 5.52. The first-order valence-electron chi connectivity index (χ1n) is 4.80. The normalized spacial score (nSPS) is 12.4. The topological polar surface area (TPSA) is 21.3 Å². The molecule has 0 saturated heterocycles. The lowest BCUT2D eigenvalue weighted by atomic mass is 10.3. The van der Waals surface area contributed by atoms with Gasteiger partial charge < -0.3 is 10.1 Å². The minimum absolute atomic E-state index is 0.495. The smallest absolute Gasteiger partial charge is 0.119 e. The van der Waals surface area contributed by atoms with Crippen molar-refractivity contribution in [3.05, 3.63) is 30.3 Å². The van der Waals surface area contributed by atoms with Gasteiger partial charge >= 0.3 is 0 Å². The van der Waals surface area contributed by atoms with Crippen LogP contribution in [0.5, 0.6) is 5.75 Å². The molecule has 1 unspecified atom stereocenters. The summed E-state index contributed by atoms with van der Waals surface area (Å²) in [6.07, 6.45) is 0. The summed E-state index contributed by atoms with van der Waals surface area (Å²) >= 11 is 3.41. The second-order valence-corrected chi connectivity index (χ2v) is 3.82. The number of rotatable bonds is 6.